The van der Waals surface area contributed by atoms with Crippen molar-refractivity contribution >= 4 is 21.8 Å². The fourth-order valence-corrected chi connectivity index (χ4v) is 8.34. The Kier molecular flexibility index (Phi) is 11.3. The zero-order valence-corrected chi connectivity index (χ0v) is 34.4. The first-order chi connectivity index (χ1) is 24.5. The molecule has 52 heavy (non-hydrogen) atoms. The van der Waals surface area contributed by atoms with Crippen LogP contribution in [0.15, 0.2) is 78.5 Å². The largest absolute Gasteiger partial charge is 2.00 e. The number of hydrogen-bond acceptors (Lipinski definition) is 3. The van der Waals surface area contributed by atoms with E-state index in [0.717, 1.165) is 52.9 Å². The maximum absolute atomic E-state index is 6.71. The van der Waals surface area contributed by atoms with Gasteiger partial charge in [0.15, 0.2) is 0 Å². The number of ether oxygens (including phenoxy) is 1. The normalized spacial score (nSPS) is 17.6. The van der Waals surface area contributed by atoms with Crippen molar-refractivity contribution in [3.05, 3.63) is 119 Å². The van der Waals surface area contributed by atoms with E-state index in [9.17, 15) is 0 Å². The van der Waals surface area contributed by atoms with Crippen LogP contribution in [0.25, 0.3) is 33.3 Å². The Hall–Kier alpha value is -3.95. The van der Waals surface area contributed by atoms with Crippen molar-refractivity contribution in [1.82, 2.24) is 19.3 Å². The summed E-state index contributed by atoms with van der Waals surface area (Å²) in [5.41, 5.74) is 10.7. The third kappa shape index (κ3) is 7.18. The van der Waals surface area contributed by atoms with Gasteiger partial charge in [-0.15, -0.1) is 41.3 Å². The van der Waals surface area contributed by atoms with Crippen LogP contribution in [0.3, 0.4) is 0 Å². The molecule has 0 radical (unpaired) electrons. The summed E-state index contributed by atoms with van der Waals surface area (Å²) in [5.74, 6) is 4.45. The molecule has 1 aliphatic carbocycles. The Labute approximate surface area is 324 Å². The van der Waals surface area contributed by atoms with Gasteiger partial charge in [-0.3, -0.25) is 4.68 Å². The summed E-state index contributed by atoms with van der Waals surface area (Å²) in [5, 5.41) is 7.54. The standard InChI is InChI=1S/C46H52N4O.Pt/c1-10-11-15-42-46(45-31(7)21-30(6)22-32(45)8)33(9)48-50(42)36-23-35(29(4)5)24-38(26-36)51-37-17-18-40-39-14-12-13-16-41(39)49(43(40)27-37)44-25-34(28(2)3)19-20-47-44;/h12-14,16-21,23-25,28-30,32,45H,10-11,15,22H2,1-9H3;/q-2;+2/t30-,32-,45?;/m0./s1. The fourth-order valence-electron chi connectivity index (χ4n) is 8.34. The second-order valence-corrected chi connectivity index (χ2v) is 15.5. The van der Waals surface area contributed by atoms with Gasteiger partial charge in [0.25, 0.3) is 0 Å². The predicted octanol–water partition coefficient (Wildman–Crippen LogP) is 12.4. The monoisotopic (exact) mass is 871 g/mol. The van der Waals surface area contributed by atoms with E-state index in [1.54, 1.807) is 0 Å². The van der Waals surface area contributed by atoms with Crippen LogP contribution >= 0.6 is 0 Å². The maximum Gasteiger partial charge on any atom is 2.00 e. The van der Waals surface area contributed by atoms with Crippen LogP contribution in [0.1, 0.15) is 120 Å². The van der Waals surface area contributed by atoms with Crippen molar-refractivity contribution in [3.63, 3.8) is 0 Å². The molecular formula is C46H52N4OPt. The zero-order chi connectivity index (χ0) is 36.0. The van der Waals surface area contributed by atoms with Crippen LogP contribution < -0.4 is 4.74 Å². The van der Waals surface area contributed by atoms with Gasteiger partial charge in [-0.05, 0) is 91.6 Å². The summed E-state index contributed by atoms with van der Waals surface area (Å²) in [7, 11) is 0. The van der Waals surface area contributed by atoms with E-state index >= 15 is 0 Å². The molecule has 5 nitrogen and oxygen atoms in total. The molecule has 0 aliphatic heterocycles. The summed E-state index contributed by atoms with van der Waals surface area (Å²) < 4.78 is 11.1. The molecule has 0 saturated heterocycles. The van der Waals surface area contributed by atoms with E-state index in [1.807, 2.05) is 12.3 Å². The molecule has 0 amide bonds. The second kappa shape index (κ2) is 15.6. The number of allylic oxidation sites excluding steroid dienone is 2. The molecule has 3 aromatic heterocycles. The summed E-state index contributed by atoms with van der Waals surface area (Å²) in [6.07, 6.45) is 8.81. The fraction of sp³-hybridized carbons (Fsp3) is 0.391. The van der Waals surface area contributed by atoms with Gasteiger partial charge in [0.1, 0.15) is 5.82 Å². The molecule has 0 bridgehead atoms. The van der Waals surface area contributed by atoms with Crippen LogP contribution in [0.5, 0.6) is 11.5 Å². The second-order valence-electron chi connectivity index (χ2n) is 15.5. The maximum atomic E-state index is 6.71. The average molecular weight is 872 g/mol. The van der Waals surface area contributed by atoms with E-state index in [4.69, 9.17) is 14.8 Å². The first kappa shape index (κ1) is 37.8. The minimum atomic E-state index is 0. The molecule has 1 aliphatic rings. The Balaban J connectivity index is 0.00000464. The molecule has 0 N–H and O–H groups in total. The van der Waals surface area contributed by atoms with Crippen molar-refractivity contribution in [2.24, 2.45) is 11.8 Å². The molecule has 7 rings (SSSR count). The molecule has 272 valence electrons. The predicted molar refractivity (Wildman–Crippen MR) is 211 cm³/mol. The number of aromatic nitrogens is 4. The first-order valence-electron chi connectivity index (χ1n) is 19.0. The summed E-state index contributed by atoms with van der Waals surface area (Å²) in [6, 6.07) is 28.6. The third-order valence-electron chi connectivity index (χ3n) is 10.8. The molecule has 6 heteroatoms. The number of benzene rings is 3. The molecule has 6 aromatic rings. The van der Waals surface area contributed by atoms with Gasteiger partial charge in [-0.25, -0.2) is 4.98 Å². The Morgan fingerprint density at radius 2 is 1.65 bits per heavy atom. The van der Waals surface area contributed by atoms with E-state index in [1.165, 1.54) is 39.8 Å². The zero-order valence-electron chi connectivity index (χ0n) is 32.2. The number of rotatable bonds is 10. The summed E-state index contributed by atoms with van der Waals surface area (Å²) in [6.45, 7) is 20.4. The first-order valence-corrected chi connectivity index (χ1v) is 19.0. The van der Waals surface area contributed by atoms with Gasteiger partial charge in [0.2, 0.25) is 0 Å². The van der Waals surface area contributed by atoms with Crippen LogP contribution in [-0.2, 0) is 27.5 Å². The quantitative estimate of drug-likeness (QED) is 0.102. The van der Waals surface area contributed by atoms with Crippen LogP contribution in [0.2, 0.25) is 0 Å². The van der Waals surface area contributed by atoms with E-state index in [0.29, 0.717) is 41.1 Å². The van der Waals surface area contributed by atoms with E-state index in [2.05, 4.69) is 144 Å². The average Bonchev–Trinajstić information content (AvgIpc) is 3.60. The van der Waals surface area contributed by atoms with Gasteiger partial charge in [0.05, 0.1) is 5.69 Å². The van der Waals surface area contributed by atoms with Crippen molar-refractivity contribution in [1.29, 1.82) is 0 Å². The van der Waals surface area contributed by atoms with Gasteiger partial charge in [0, 0.05) is 40.4 Å². The van der Waals surface area contributed by atoms with Crippen molar-refractivity contribution in [3.8, 4) is 23.0 Å². The minimum absolute atomic E-state index is 0. The molecule has 0 fully saturated rings. The molecule has 1 unspecified atom stereocenters. The van der Waals surface area contributed by atoms with Crippen LogP contribution in [0, 0.1) is 30.9 Å². The van der Waals surface area contributed by atoms with E-state index < -0.39 is 0 Å². The summed E-state index contributed by atoms with van der Waals surface area (Å²) >= 11 is 0. The van der Waals surface area contributed by atoms with Crippen LogP contribution in [0.4, 0.5) is 0 Å². The van der Waals surface area contributed by atoms with Gasteiger partial charge in [-0.2, -0.15) is 11.2 Å². The van der Waals surface area contributed by atoms with Gasteiger partial charge in [-0.1, -0.05) is 90.3 Å². The Morgan fingerprint density at radius 3 is 2.38 bits per heavy atom. The molecule has 3 aromatic carbocycles. The van der Waals surface area contributed by atoms with E-state index in [-0.39, 0.29) is 21.1 Å². The SMILES string of the molecule is CCCCc1c(C2C(C)=C[C@H](C)C[C@@H]2C)c(C)nn1-c1[c-]c(Oc2[c-]c3c(cc2)c2ccccc2n3-c2cc(C(C)C)ccn2)cc(C(C)C)c1.[Pt+2]. The third-order valence-corrected chi connectivity index (χ3v) is 10.8. The van der Waals surface area contributed by atoms with Gasteiger partial charge >= 0.3 is 21.1 Å². The van der Waals surface area contributed by atoms with Crippen molar-refractivity contribution in [2.75, 3.05) is 0 Å². The number of fused-ring (bicyclic) bond motifs is 3. The van der Waals surface area contributed by atoms with Crippen molar-refractivity contribution in [2.45, 2.75) is 106 Å². The number of unbranched alkanes of at least 4 members (excludes halogenated alkanes) is 1. The Bertz CT molecular complexity index is 2240. The molecule has 3 atom stereocenters. The molecule has 0 saturated carbocycles. The van der Waals surface area contributed by atoms with Gasteiger partial charge < -0.3 is 9.30 Å². The molecular weight excluding hydrogens is 820 g/mol. The molecule has 0 spiro atoms. The number of aryl methyl sites for hydroxylation is 1. The Morgan fingerprint density at radius 1 is 0.885 bits per heavy atom. The minimum Gasteiger partial charge on any atom is -0.509 e. The summed E-state index contributed by atoms with van der Waals surface area (Å²) in [4.78, 5) is 4.82. The molecule has 3 heterocycles. The number of pyridine rings is 1. The number of nitrogens with zero attached hydrogens (tertiary/aromatic N) is 4. The topological polar surface area (TPSA) is 44.9 Å². The number of hydrogen-bond donors (Lipinski definition) is 0. The van der Waals surface area contributed by atoms with Crippen molar-refractivity contribution < 1.29 is 25.8 Å². The number of para-hydroxylation sites is 1. The van der Waals surface area contributed by atoms with Crippen LogP contribution in [-0.4, -0.2) is 19.3 Å². The smallest absolute Gasteiger partial charge is 0.509 e.